The number of piperazine rings is 1. The summed E-state index contributed by atoms with van der Waals surface area (Å²) in [5.41, 5.74) is 1.15. The summed E-state index contributed by atoms with van der Waals surface area (Å²) in [6.45, 7) is 4.37. The fraction of sp³-hybridized carbons (Fsp3) is 0.375. The predicted molar refractivity (Wildman–Crippen MR) is 93.2 cm³/mol. The smallest absolute Gasteiger partial charge is 0.318 e. The number of hydrogen-bond donors (Lipinski definition) is 3. The van der Waals surface area contributed by atoms with Crippen LogP contribution in [0.3, 0.4) is 0 Å². The maximum atomic E-state index is 12.3. The molecule has 1 aromatic carbocycles. The lowest BCUT2D eigenvalue weighted by molar-refractivity contribution is -0.117. The van der Waals surface area contributed by atoms with Crippen LogP contribution in [0.5, 0.6) is 0 Å². The Labute approximate surface area is 145 Å². The first-order valence-electron chi connectivity index (χ1n) is 8.15. The predicted octanol–water partition coefficient (Wildman–Crippen LogP) is 0.663. The largest absolute Gasteiger partial charge is 0.368 e. The van der Waals surface area contributed by atoms with Gasteiger partial charge >= 0.3 is 6.03 Å². The summed E-state index contributed by atoms with van der Waals surface area (Å²) in [6, 6.07) is 9.19. The van der Waals surface area contributed by atoms with Crippen LogP contribution in [0.25, 0.3) is 0 Å². The molecule has 1 aliphatic heterocycles. The Morgan fingerprint density at radius 3 is 2.52 bits per heavy atom. The minimum atomic E-state index is -0.676. The highest BCUT2D eigenvalue weighted by molar-refractivity contribution is 5.95. The molecule has 132 valence electrons. The molecule has 0 radical (unpaired) electrons. The lowest BCUT2D eigenvalue weighted by Gasteiger charge is -2.36. The van der Waals surface area contributed by atoms with E-state index in [0.717, 1.165) is 18.8 Å². The standard InChI is InChI=1S/C16H21N7O2/c1-12(14(24)20-15-17-11-18-21-15)19-16(25)23-9-7-22(8-10-23)13-5-3-2-4-6-13/h2-6,11-12H,7-10H2,1H3,(H,19,25)(H2,17,18,20,21,24)/t12-/m0/s1. The van der Waals surface area contributed by atoms with Crippen molar-refractivity contribution in [1.82, 2.24) is 25.4 Å². The molecule has 1 atom stereocenters. The highest BCUT2D eigenvalue weighted by Crippen LogP contribution is 2.15. The molecule has 0 bridgehead atoms. The molecule has 1 saturated heterocycles. The average molecular weight is 343 g/mol. The molecule has 9 nitrogen and oxygen atoms in total. The van der Waals surface area contributed by atoms with Crippen molar-refractivity contribution in [2.45, 2.75) is 13.0 Å². The van der Waals surface area contributed by atoms with Crippen molar-refractivity contribution in [3.63, 3.8) is 0 Å². The van der Waals surface area contributed by atoms with Crippen molar-refractivity contribution < 1.29 is 9.59 Å². The summed E-state index contributed by atoms with van der Waals surface area (Å²) in [5, 5.41) is 11.4. The topological polar surface area (TPSA) is 106 Å². The number of carbonyl (C=O) groups is 2. The Balaban J connectivity index is 1.46. The van der Waals surface area contributed by atoms with E-state index >= 15 is 0 Å². The van der Waals surface area contributed by atoms with E-state index in [-0.39, 0.29) is 17.9 Å². The molecule has 0 unspecified atom stereocenters. The molecule has 1 aromatic heterocycles. The molecule has 0 saturated carbocycles. The van der Waals surface area contributed by atoms with E-state index in [2.05, 4.69) is 42.8 Å². The summed E-state index contributed by atoms with van der Waals surface area (Å²) < 4.78 is 0. The number of para-hydroxylation sites is 1. The van der Waals surface area contributed by atoms with Gasteiger partial charge < -0.3 is 15.1 Å². The van der Waals surface area contributed by atoms with Gasteiger partial charge in [0.15, 0.2) is 0 Å². The van der Waals surface area contributed by atoms with Gasteiger partial charge in [0.05, 0.1) is 0 Å². The summed E-state index contributed by atoms with van der Waals surface area (Å²) >= 11 is 0. The zero-order valence-electron chi connectivity index (χ0n) is 14.0. The fourth-order valence-electron chi connectivity index (χ4n) is 2.64. The van der Waals surface area contributed by atoms with Crippen LogP contribution in [0.2, 0.25) is 0 Å². The van der Waals surface area contributed by atoms with E-state index in [9.17, 15) is 9.59 Å². The molecule has 1 aliphatic rings. The van der Waals surface area contributed by atoms with Gasteiger partial charge in [-0.05, 0) is 19.1 Å². The fourth-order valence-corrected chi connectivity index (χ4v) is 2.64. The minimum absolute atomic E-state index is 0.243. The summed E-state index contributed by atoms with van der Waals surface area (Å²) in [5.74, 6) is -0.101. The van der Waals surface area contributed by atoms with Gasteiger partial charge in [-0.3, -0.25) is 10.1 Å². The Hall–Kier alpha value is -3.10. The number of aromatic amines is 1. The van der Waals surface area contributed by atoms with Gasteiger partial charge in [0.2, 0.25) is 11.9 Å². The van der Waals surface area contributed by atoms with Crippen LogP contribution in [-0.4, -0.2) is 64.2 Å². The van der Waals surface area contributed by atoms with Gasteiger partial charge in [-0.25, -0.2) is 9.89 Å². The van der Waals surface area contributed by atoms with Crippen LogP contribution < -0.4 is 15.5 Å². The van der Waals surface area contributed by atoms with Gasteiger partial charge in [0, 0.05) is 31.9 Å². The van der Waals surface area contributed by atoms with Crippen molar-refractivity contribution in [2.24, 2.45) is 0 Å². The van der Waals surface area contributed by atoms with Crippen molar-refractivity contribution >= 4 is 23.6 Å². The summed E-state index contributed by atoms with van der Waals surface area (Å²) in [7, 11) is 0. The van der Waals surface area contributed by atoms with E-state index < -0.39 is 6.04 Å². The molecule has 3 rings (SSSR count). The van der Waals surface area contributed by atoms with Crippen LogP contribution in [0.4, 0.5) is 16.4 Å². The first-order valence-corrected chi connectivity index (χ1v) is 8.15. The van der Waals surface area contributed by atoms with Gasteiger partial charge in [-0.15, -0.1) is 0 Å². The second kappa shape index (κ2) is 7.65. The molecular formula is C16H21N7O2. The van der Waals surface area contributed by atoms with Crippen molar-refractivity contribution in [3.05, 3.63) is 36.7 Å². The number of hydrogen-bond acceptors (Lipinski definition) is 5. The number of nitrogens with one attached hydrogen (secondary N) is 3. The van der Waals surface area contributed by atoms with Crippen molar-refractivity contribution in [2.75, 3.05) is 36.4 Å². The second-order valence-corrected chi connectivity index (χ2v) is 5.80. The van der Waals surface area contributed by atoms with Crippen LogP contribution >= 0.6 is 0 Å². The molecule has 2 heterocycles. The molecule has 1 fully saturated rings. The normalized spacial score (nSPS) is 15.6. The summed E-state index contributed by atoms with van der Waals surface area (Å²) in [6.07, 6.45) is 1.30. The SMILES string of the molecule is C[C@H](NC(=O)N1CCN(c2ccccc2)CC1)C(=O)Nc1ncn[nH]1. The third-order valence-corrected chi connectivity index (χ3v) is 4.08. The van der Waals surface area contributed by atoms with E-state index in [1.54, 1.807) is 11.8 Å². The van der Waals surface area contributed by atoms with Crippen molar-refractivity contribution in [3.8, 4) is 0 Å². The zero-order chi connectivity index (χ0) is 17.6. The van der Waals surface area contributed by atoms with Crippen LogP contribution in [-0.2, 0) is 4.79 Å². The molecule has 25 heavy (non-hydrogen) atoms. The molecule has 0 aliphatic carbocycles. The lowest BCUT2D eigenvalue weighted by Crippen LogP contribution is -2.54. The van der Waals surface area contributed by atoms with Crippen LogP contribution in [0, 0.1) is 0 Å². The first-order chi connectivity index (χ1) is 12.1. The molecule has 3 amide bonds. The highest BCUT2D eigenvalue weighted by Gasteiger charge is 2.24. The van der Waals surface area contributed by atoms with E-state index in [1.165, 1.54) is 6.33 Å². The molecule has 3 N–H and O–H groups in total. The second-order valence-electron chi connectivity index (χ2n) is 5.80. The minimum Gasteiger partial charge on any atom is -0.368 e. The Morgan fingerprint density at radius 1 is 1.16 bits per heavy atom. The number of amides is 3. The Morgan fingerprint density at radius 2 is 1.88 bits per heavy atom. The number of anilines is 2. The van der Waals surface area contributed by atoms with Crippen LogP contribution in [0.1, 0.15) is 6.92 Å². The maximum Gasteiger partial charge on any atom is 0.318 e. The number of benzene rings is 1. The number of urea groups is 1. The first kappa shape index (κ1) is 16.7. The molecular weight excluding hydrogens is 322 g/mol. The molecule has 2 aromatic rings. The maximum absolute atomic E-state index is 12.3. The number of carbonyl (C=O) groups excluding carboxylic acids is 2. The number of nitrogens with zero attached hydrogens (tertiary/aromatic N) is 4. The molecule has 9 heteroatoms. The van der Waals surface area contributed by atoms with Crippen molar-refractivity contribution in [1.29, 1.82) is 0 Å². The van der Waals surface area contributed by atoms with E-state index in [0.29, 0.717) is 13.1 Å². The van der Waals surface area contributed by atoms with Crippen LogP contribution in [0.15, 0.2) is 36.7 Å². The average Bonchev–Trinajstić information content (AvgIpc) is 3.15. The molecule has 0 spiro atoms. The van der Waals surface area contributed by atoms with Gasteiger partial charge in [0.1, 0.15) is 12.4 Å². The monoisotopic (exact) mass is 343 g/mol. The third kappa shape index (κ3) is 4.25. The Kier molecular flexibility index (Phi) is 5.12. The lowest BCUT2D eigenvalue weighted by atomic mass is 10.2. The van der Waals surface area contributed by atoms with Gasteiger partial charge in [-0.1, -0.05) is 18.2 Å². The number of H-pyrrole nitrogens is 1. The quantitative estimate of drug-likeness (QED) is 0.756. The zero-order valence-corrected chi connectivity index (χ0v) is 14.0. The van der Waals surface area contributed by atoms with Gasteiger partial charge in [0.25, 0.3) is 0 Å². The number of aromatic nitrogens is 3. The highest BCUT2D eigenvalue weighted by atomic mass is 16.2. The summed E-state index contributed by atoms with van der Waals surface area (Å²) in [4.78, 5) is 32.1. The van der Waals surface area contributed by atoms with Gasteiger partial charge in [-0.2, -0.15) is 10.1 Å². The van der Waals surface area contributed by atoms with E-state index in [1.807, 2.05) is 18.2 Å². The van der Waals surface area contributed by atoms with E-state index in [4.69, 9.17) is 0 Å². The number of rotatable bonds is 4. The third-order valence-electron chi connectivity index (χ3n) is 4.08. The Bertz CT molecular complexity index is 697.